The lowest BCUT2D eigenvalue weighted by Crippen LogP contribution is -2.12. The number of rotatable bonds is 4. The monoisotopic (exact) mass is 280 g/mol. The first kappa shape index (κ1) is 13.0. The molecule has 0 fully saturated rings. The number of anilines is 1. The Bertz CT molecular complexity index is 626. The third-order valence-corrected chi connectivity index (χ3v) is 2.38. The Morgan fingerprint density at radius 3 is 2.95 bits per heavy atom. The molecule has 0 radical (unpaired) electrons. The van der Waals surface area contributed by atoms with Crippen LogP contribution >= 0.6 is 11.6 Å². The van der Waals surface area contributed by atoms with Crippen LogP contribution in [0.4, 0.5) is 5.69 Å². The highest BCUT2D eigenvalue weighted by Gasteiger charge is 2.09. The molecule has 19 heavy (non-hydrogen) atoms. The van der Waals surface area contributed by atoms with Crippen LogP contribution in [-0.2, 0) is 11.3 Å². The van der Waals surface area contributed by atoms with Gasteiger partial charge in [-0.1, -0.05) is 11.6 Å². The third-order valence-electron chi connectivity index (χ3n) is 2.18. The number of carboxylic acids is 1. The molecule has 0 atom stereocenters. The molecule has 2 rings (SSSR count). The Balaban J connectivity index is 2.06. The molecule has 0 bridgehead atoms. The van der Waals surface area contributed by atoms with Crippen LogP contribution in [0.3, 0.4) is 0 Å². The molecule has 2 N–H and O–H groups in total. The molecule has 2 aromatic heterocycles. The third kappa shape index (κ3) is 3.52. The van der Waals surface area contributed by atoms with E-state index < -0.39 is 5.97 Å². The number of halogens is 1. The van der Waals surface area contributed by atoms with E-state index in [9.17, 15) is 9.59 Å². The highest BCUT2D eigenvalue weighted by atomic mass is 35.5. The van der Waals surface area contributed by atoms with Crippen molar-refractivity contribution in [3.63, 3.8) is 0 Å². The zero-order valence-electron chi connectivity index (χ0n) is 9.58. The molecule has 1 amide bonds. The number of nitrogens with zero attached hydrogens (tertiary/aromatic N) is 3. The van der Waals surface area contributed by atoms with Crippen molar-refractivity contribution in [3.8, 4) is 0 Å². The van der Waals surface area contributed by atoms with Gasteiger partial charge in [-0.2, -0.15) is 5.10 Å². The fourth-order valence-corrected chi connectivity index (χ4v) is 1.57. The maximum absolute atomic E-state index is 11.8. The van der Waals surface area contributed by atoms with E-state index in [2.05, 4.69) is 15.4 Å². The summed E-state index contributed by atoms with van der Waals surface area (Å²) in [5.41, 5.74) is 0.755. The highest BCUT2D eigenvalue weighted by Crippen LogP contribution is 2.11. The topological polar surface area (TPSA) is 97.1 Å². The first-order valence-electron chi connectivity index (χ1n) is 5.22. The number of amides is 1. The fraction of sp³-hybridized carbons (Fsp3) is 0.0909. The van der Waals surface area contributed by atoms with Gasteiger partial charge in [0.1, 0.15) is 11.7 Å². The summed E-state index contributed by atoms with van der Waals surface area (Å²) in [6.07, 6.45) is 4.21. The van der Waals surface area contributed by atoms with Gasteiger partial charge in [-0.3, -0.25) is 14.3 Å². The minimum Gasteiger partial charge on any atom is -0.480 e. The van der Waals surface area contributed by atoms with E-state index in [1.165, 1.54) is 35.4 Å². The van der Waals surface area contributed by atoms with E-state index in [-0.39, 0.29) is 17.6 Å². The van der Waals surface area contributed by atoms with E-state index in [0.29, 0.717) is 11.3 Å². The summed E-state index contributed by atoms with van der Waals surface area (Å²) in [6.45, 7) is -0.267. The smallest absolute Gasteiger partial charge is 0.325 e. The van der Waals surface area contributed by atoms with Gasteiger partial charge in [0.05, 0.1) is 11.9 Å². The van der Waals surface area contributed by atoms with Crippen LogP contribution in [0.2, 0.25) is 5.15 Å². The first-order valence-corrected chi connectivity index (χ1v) is 5.59. The molecule has 8 heteroatoms. The second kappa shape index (κ2) is 5.49. The van der Waals surface area contributed by atoms with E-state index in [0.717, 1.165) is 0 Å². The van der Waals surface area contributed by atoms with Gasteiger partial charge in [0, 0.05) is 18.0 Å². The largest absolute Gasteiger partial charge is 0.480 e. The average Bonchev–Trinajstić information content (AvgIpc) is 2.75. The van der Waals surface area contributed by atoms with Crippen LogP contribution in [0.15, 0.2) is 30.7 Å². The van der Waals surface area contributed by atoms with Gasteiger partial charge in [-0.05, 0) is 12.1 Å². The Morgan fingerprint density at radius 1 is 1.47 bits per heavy atom. The summed E-state index contributed by atoms with van der Waals surface area (Å²) in [4.78, 5) is 26.1. The summed E-state index contributed by atoms with van der Waals surface area (Å²) in [5.74, 6) is -1.39. The quantitative estimate of drug-likeness (QED) is 0.822. The Kier molecular flexibility index (Phi) is 3.76. The number of hydrogen-bond donors (Lipinski definition) is 2. The van der Waals surface area contributed by atoms with Crippen molar-refractivity contribution in [1.82, 2.24) is 14.8 Å². The van der Waals surface area contributed by atoms with Gasteiger partial charge in [0.15, 0.2) is 0 Å². The molecule has 0 saturated heterocycles. The molecule has 0 saturated carbocycles. The number of aromatic nitrogens is 3. The Hall–Kier alpha value is -2.41. The van der Waals surface area contributed by atoms with Gasteiger partial charge in [0.25, 0.3) is 5.91 Å². The van der Waals surface area contributed by atoms with Gasteiger partial charge in [0.2, 0.25) is 0 Å². The fourth-order valence-electron chi connectivity index (χ4n) is 1.40. The van der Waals surface area contributed by atoms with E-state index in [4.69, 9.17) is 16.7 Å². The Morgan fingerprint density at radius 2 is 2.26 bits per heavy atom. The zero-order chi connectivity index (χ0) is 13.8. The lowest BCUT2D eigenvalue weighted by atomic mass is 10.2. The first-order chi connectivity index (χ1) is 9.04. The number of carboxylic acid groups (broad SMARTS) is 1. The molecule has 0 aliphatic heterocycles. The van der Waals surface area contributed by atoms with Crippen LogP contribution < -0.4 is 5.32 Å². The van der Waals surface area contributed by atoms with Crippen molar-refractivity contribution >= 4 is 29.2 Å². The van der Waals surface area contributed by atoms with Crippen LogP contribution in [0, 0.1) is 0 Å². The van der Waals surface area contributed by atoms with Crippen molar-refractivity contribution in [1.29, 1.82) is 0 Å². The van der Waals surface area contributed by atoms with Crippen LogP contribution in [0.1, 0.15) is 10.4 Å². The highest BCUT2D eigenvalue weighted by molar-refractivity contribution is 6.29. The van der Waals surface area contributed by atoms with Gasteiger partial charge < -0.3 is 10.4 Å². The van der Waals surface area contributed by atoms with E-state index in [1.807, 2.05) is 0 Å². The summed E-state index contributed by atoms with van der Waals surface area (Å²) < 4.78 is 1.21. The maximum Gasteiger partial charge on any atom is 0.325 e. The van der Waals surface area contributed by atoms with Crippen molar-refractivity contribution in [2.24, 2.45) is 0 Å². The molecule has 2 aromatic rings. The molecule has 7 nitrogen and oxygen atoms in total. The molecular formula is C11H9ClN4O3. The number of hydrogen-bond acceptors (Lipinski definition) is 4. The second-order valence-corrected chi connectivity index (χ2v) is 4.03. The predicted molar refractivity (Wildman–Crippen MR) is 67.1 cm³/mol. The minimum absolute atomic E-state index is 0.217. The number of pyridine rings is 1. The van der Waals surface area contributed by atoms with Crippen LogP contribution in [0.5, 0.6) is 0 Å². The van der Waals surface area contributed by atoms with E-state index >= 15 is 0 Å². The predicted octanol–water partition coefficient (Wildman–Crippen LogP) is 1.27. The van der Waals surface area contributed by atoms with Gasteiger partial charge in [-0.25, -0.2) is 4.98 Å². The van der Waals surface area contributed by atoms with Crippen molar-refractivity contribution in [3.05, 3.63) is 41.4 Å². The van der Waals surface area contributed by atoms with Crippen LogP contribution in [0.25, 0.3) is 0 Å². The van der Waals surface area contributed by atoms with Crippen molar-refractivity contribution < 1.29 is 14.7 Å². The molecule has 98 valence electrons. The lowest BCUT2D eigenvalue weighted by Gasteiger charge is -2.02. The SMILES string of the molecule is O=C(O)Cn1cc(NC(=O)c2ccnc(Cl)c2)cn1. The molecule has 0 aliphatic rings. The number of aliphatic carboxylic acids is 1. The molecule has 0 aromatic carbocycles. The van der Waals surface area contributed by atoms with Crippen molar-refractivity contribution in [2.75, 3.05) is 5.32 Å². The summed E-state index contributed by atoms with van der Waals surface area (Å²) in [7, 11) is 0. The van der Waals surface area contributed by atoms with Crippen molar-refractivity contribution in [2.45, 2.75) is 6.54 Å². The van der Waals surface area contributed by atoms with E-state index in [1.54, 1.807) is 0 Å². The standard InChI is InChI=1S/C11H9ClN4O3/c12-9-3-7(1-2-13-9)11(19)15-8-4-14-16(5-8)6-10(17)18/h1-5H,6H2,(H,15,19)(H,17,18). The molecule has 2 heterocycles. The lowest BCUT2D eigenvalue weighted by molar-refractivity contribution is -0.137. The van der Waals surface area contributed by atoms with Gasteiger partial charge >= 0.3 is 5.97 Å². The molecule has 0 aliphatic carbocycles. The average molecular weight is 281 g/mol. The number of nitrogens with one attached hydrogen (secondary N) is 1. The summed E-state index contributed by atoms with van der Waals surface area (Å²) in [6, 6.07) is 2.95. The molecule has 0 spiro atoms. The van der Waals surface area contributed by atoms with Gasteiger partial charge in [-0.15, -0.1) is 0 Å². The number of carbonyl (C=O) groups excluding carboxylic acids is 1. The molecular weight excluding hydrogens is 272 g/mol. The minimum atomic E-state index is -1.01. The second-order valence-electron chi connectivity index (χ2n) is 3.64. The Labute approximate surface area is 112 Å². The van der Waals surface area contributed by atoms with Crippen LogP contribution in [-0.4, -0.2) is 31.7 Å². The zero-order valence-corrected chi connectivity index (χ0v) is 10.3. The summed E-state index contributed by atoms with van der Waals surface area (Å²) in [5, 5.41) is 15.2. The molecule has 0 unspecified atom stereocenters. The maximum atomic E-state index is 11.8. The summed E-state index contributed by atoms with van der Waals surface area (Å²) >= 11 is 5.68. The normalized spacial score (nSPS) is 10.2. The number of carbonyl (C=O) groups is 2.